The van der Waals surface area contributed by atoms with Crippen molar-refractivity contribution >= 4 is 31.9 Å². The summed E-state index contributed by atoms with van der Waals surface area (Å²) in [6, 6.07) is 8.35. The molecule has 0 radical (unpaired) electrons. The van der Waals surface area contributed by atoms with E-state index in [9.17, 15) is 0 Å². The zero-order valence-electron chi connectivity index (χ0n) is 26.8. The van der Waals surface area contributed by atoms with E-state index in [-0.39, 0.29) is 0 Å². The summed E-state index contributed by atoms with van der Waals surface area (Å²) >= 11 is 7.70. The predicted molar refractivity (Wildman–Crippen MR) is 186 cm³/mol. The summed E-state index contributed by atoms with van der Waals surface area (Å²) in [4.78, 5) is 0. The highest BCUT2D eigenvalue weighted by Gasteiger charge is 2.18. The van der Waals surface area contributed by atoms with Crippen LogP contribution in [0.2, 0.25) is 0 Å². The lowest BCUT2D eigenvalue weighted by atomic mass is 10.0. The van der Waals surface area contributed by atoms with Crippen molar-refractivity contribution in [1.29, 1.82) is 0 Å². The molecule has 0 bridgehead atoms. The van der Waals surface area contributed by atoms with Crippen LogP contribution in [0.1, 0.15) is 130 Å². The quantitative estimate of drug-likeness (QED) is 0.0961. The van der Waals surface area contributed by atoms with Crippen LogP contribution in [0.15, 0.2) is 33.2 Å². The van der Waals surface area contributed by atoms with Crippen molar-refractivity contribution in [2.24, 2.45) is 0 Å². The average molecular weight is 713 g/mol. The van der Waals surface area contributed by atoms with Crippen molar-refractivity contribution < 1.29 is 18.9 Å². The fourth-order valence-electron chi connectivity index (χ4n) is 4.78. The molecule has 0 amide bonds. The fraction of sp³-hybridized carbons (Fsp3) is 0.667. The number of halogens is 2. The van der Waals surface area contributed by atoms with Crippen molar-refractivity contribution in [3.63, 3.8) is 0 Å². The van der Waals surface area contributed by atoms with Crippen molar-refractivity contribution in [3.05, 3.63) is 33.2 Å². The first kappa shape index (κ1) is 36.8. The molecule has 0 unspecified atom stereocenters. The van der Waals surface area contributed by atoms with Gasteiger partial charge in [-0.1, -0.05) is 137 Å². The van der Waals surface area contributed by atoms with Crippen LogP contribution in [-0.4, -0.2) is 26.4 Å². The Morgan fingerprint density at radius 3 is 0.905 bits per heavy atom. The summed E-state index contributed by atoms with van der Waals surface area (Å²) in [6.07, 6.45) is 18.7. The van der Waals surface area contributed by atoms with Gasteiger partial charge in [-0.05, 0) is 49.9 Å². The molecule has 0 spiro atoms. The van der Waals surface area contributed by atoms with E-state index >= 15 is 0 Å². The van der Waals surface area contributed by atoms with E-state index < -0.39 is 0 Å². The molecule has 2 aromatic rings. The maximum Gasteiger partial charge on any atom is 0.162 e. The Kier molecular flexibility index (Phi) is 20.2. The lowest BCUT2D eigenvalue weighted by Gasteiger charge is -2.19. The first-order valence-electron chi connectivity index (χ1n) is 16.7. The Hall–Kier alpha value is -1.40. The molecule has 0 saturated heterocycles. The van der Waals surface area contributed by atoms with Crippen LogP contribution >= 0.6 is 31.9 Å². The maximum absolute atomic E-state index is 6.34. The number of rotatable bonds is 25. The van der Waals surface area contributed by atoms with Crippen LogP contribution in [0.25, 0.3) is 11.1 Å². The van der Waals surface area contributed by atoms with Gasteiger partial charge in [-0.15, -0.1) is 0 Å². The van der Waals surface area contributed by atoms with E-state index in [4.69, 9.17) is 18.9 Å². The number of unbranched alkanes of at least 4 members (excludes halogenated alkanes) is 12. The topological polar surface area (TPSA) is 36.9 Å². The van der Waals surface area contributed by atoms with Gasteiger partial charge < -0.3 is 18.9 Å². The van der Waals surface area contributed by atoms with Gasteiger partial charge >= 0.3 is 0 Å². The highest BCUT2D eigenvalue weighted by molar-refractivity contribution is 9.11. The first-order chi connectivity index (χ1) is 20.5. The van der Waals surface area contributed by atoms with Crippen LogP contribution < -0.4 is 18.9 Å². The number of hydrogen-bond donors (Lipinski definition) is 0. The first-order valence-corrected chi connectivity index (χ1v) is 18.3. The lowest BCUT2D eigenvalue weighted by Crippen LogP contribution is -2.04. The molecule has 6 heteroatoms. The second kappa shape index (κ2) is 23.0. The SMILES string of the molecule is CCCCCCOc1cc(Br)c(-c2cc(OCCCCCC)c(OCCCCCC)cc2Br)cc1OCCCCCC. The second-order valence-electron chi connectivity index (χ2n) is 11.2. The van der Waals surface area contributed by atoms with Crippen LogP contribution in [-0.2, 0) is 0 Å². The largest absolute Gasteiger partial charge is 0.490 e. The number of hydrogen-bond acceptors (Lipinski definition) is 4. The molecule has 0 saturated carbocycles. The normalized spacial score (nSPS) is 11.1. The van der Waals surface area contributed by atoms with E-state index in [1.165, 1.54) is 77.0 Å². The molecule has 0 aliphatic heterocycles. The maximum atomic E-state index is 6.34. The Bertz CT molecular complexity index is 915. The molecule has 2 aromatic carbocycles. The van der Waals surface area contributed by atoms with Gasteiger partial charge in [0, 0.05) is 20.1 Å². The average Bonchev–Trinajstić information content (AvgIpc) is 2.98. The van der Waals surface area contributed by atoms with Crippen molar-refractivity contribution in [2.75, 3.05) is 26.4 Å². The van der Waals surface area contributed by atoms with Gasteiger partial charge in [0.2, 0.25) is 0 Å². The minimum atomic E-state index is 0.686. The lowest BCUT2D eigenvalue weighted by molar-refractivity contribution is 0.258. The van der Waals surface area contributed by atoms with Gasteiger partial charge in [-0.3, -0.25) is 0 Å². The molecule has 0 aliphatic carbocycles. The van der Waals surface area contributed by atoms with Gasteiger partial charge in [0.05, 0.1) is 26.4 Å². The van der Waals surface area contributed by atoms with Gasteiger partial charge in [-0.2, -0.15) is 0 Å². The van der Waals surface area contributed by atoms with Crippen molar-refractivity contribution in [3.8, 4) is 34.1 Å². The summed E-state index contributed by atoms with van der Waals surface area (Å²) < 4.78 is 27.1. The van der Waals surface area contributed by atoms with Crippen molar-refractivity contribution in [1.82, 2.24) is 0 Å². The summed E-state index contributed by atoms with van der Waals surface area (Å²) in [7, 11) is 0. The molecule has 0 fully saturated rings. The highest BCUT2D eigenvalue weighted by Crippen LogP contribution is 2.45. The van der Waals surface area contributed by atoms with Crippen LogP contribution in [0.3, 0.4) is 0 Å². The number of benzene rings is 2. The molecule has 238 valence electrons. The van der Waals surface area contributed by atoms with Gasteiger partial charge in [-0.25, -0.2) is 0 Å². The zero-order chi connectivity index (χ0) is 30.4. The molecule has 0 atom stereocenters. The molecule has 0 aromatic heterocycles. The van der Waals surface area contributed by atoms with E-state index in [1.54, 1.807) is 0 Å². The Labute approximate surface area is 273 Å². The van der Waals surface area contributed by atoms with Gasteiger partial charge in [0.25, 0.3) is 0 Å². The van der Waals surface area contributed by atoms with Crippen molar-refractivity contribution in [2.45, 2.75) is 130 Å². The van der Waals surface area contributed by atoms with Gasteiger partial charge in [0.1, 0.15) is 0 Å². The summed E-state index contributed by atoms with van der Waals surface area (Å²) in [5.41, 5.74) is 2.07. The Morgan fingerprint density at radius 1 is 0.381 bits per heavy atom. The van der Waals surface area contributed by atoms with Crippen LogP contribution in [0.4, 0.5) is 0 Å². The molecule has 0 heterocycles. The molecule has 42 heavy (non-hydrogen) atoms. The van der Waals surface area contributed by atoms with Crippen LogP contribution in [0, 0.1) is 0 Å². The summed E-state index contributed by atoms with van der Waals surface area (Å²) in [5, 5.41) is 0. The Morgan fingerprint density at radius 2 is 0.643 bits per heavy atom. The zero-order valence-corrected chi connectivity index (χ0v) is 30.0. The molecule has 0 aliphatic rings. The standard InChI is InChI=1S/C36H56Br2O4/c1-5-9-13-17-21-39-33-25-29(31(37)27-35(33)41-23-19-15-11-7-3)30-26-34(40-22-18-14-10-6-2)36(28-32(30)38)42-24-20-16-12-8-4/h25-28H,5-24H2,1-4H3. The summed E-state index contributed by atoms with van der Waals surface area (Å²) in [6.45, 7) is 11.7. The minimum Gasteiger partial charge on any atom is -0.490 e. The predicted octanol–water partition coefficient (Wildman–Crippen LogP) is 12.7. The van der Waals surface area contributed by atoms with E-state index in [1.807, 2.05) is 0 Å². The monoisotopic (exact) mass is 710 g/mol. The third-order valence-electron chi connectivity index (χ3n) is 7.38. The molecular formula is C36H56Br2O4. The summed E-state index contributed by atoms with van der Waals surface area (Å²) in [5.74, 6) is 3.19. The second-order valence-corrected chi connectivity index (χ2v) is 12.9. The number of ether oxygens (including phenoxy) is 4. The Balaban J connectivity index is 2.33. The third-order valence-corrected chi connectivity index (χ3v) is 8.69. The van der Waals surface area contributed by atoms with E-state index in [0.717, 1.165) is 68.8 Å². The smallest absolute Gasteiger partial charge is 0.162 e. The van der Waals surface area contributed by atoms with E-state index in [2.05, 4.69) is 83.8 Å². The van der Waals surface area contributed by atoms with Gasteiger partial charge in [0.15, 0.2) is 23.0 Å². The molecular weight excluding hydrogens is 656 g/mol. The minimum absolute atomic E-state index is 0.686. The fourth-order valence-corrected chi connectivity index (χ4v) is 5.85. The van der Waals surface area contributed by atoms with Crippen LogP contribution in [0.5, 0.6) is 23.0 Å². The molecule has 2 rings (SSSR count). The highest BCUT2D eigenvalue weighted by atomic mass is 79.9. The third kappa shape index (κ3) is 13.9. The molecule has 0 N–H and O–H groups in total. The molecule has 4 nitrogen and oxygen atoms in total. The van der Waals surface area contributed by atoms with E-state index in [0.29, 0.717) is 26.4 Å².